The van der Waals surface area contributed by atoms with Crippen LogP contribution in [0.4, 0.5) is 0 Å². The van der Waals surface area contributed by atoms with Crippen molar-refractivity contribution >= 4 is 105 Å². The summed E-state index contributed by atoms with van der Waals surface area (Å²) in [6.45, 7) is 62.8. The Balaban J connectivity index is 0.00000618. The normalized spacial score (nSPS) is 13.4. The molecule has 0 radical (unpaired) electrons. The second kappa shape index (κ2) is 32.5. The second-order valence-electron chi connectivity index (χ2n) is 44.1. The Kier molecular flexibility index (Phi) is 23.0. The maximum Gasteiger partial charge on any atom is 2.00 e. The molecule has 0 N–H and O–H groups in total. The third-order valence-corrected chi connectivity index (χ3v) is 35.4. The molecule has 0 atom stereocenters. The molecule has 22 heteroatoms. The van der Waals surface area contributed by atoms with Gasteiger partial charge in [-0.3, -0.25) is 0 Å². The van der Waals surface area contributed by atoms with E-state index in [0.717, 1.165) is 121 Å². The average molecular weight is 1850 g/mol. The van der Waals surface area contributed by atoms with Gasteiger partial charge in [0.15, 0.2) is 16.6 Å². The summed E-state index contributed by atoms with van der Waals surface area (Å²) in [5, 5.41) is 6.39. The van der Waals surface area contributed by atoms with Gasteiger partial charge >= 0.3 is 39.0 Å². The molecule has 0 saturated carbocycles. The van der Waals surface area contributed by atoms with Crippen LogP contribution in [0.2, 0.25) is 36.3 Å². The van der Waals surface area contributed by atoms with E-state index in [1.165, 1.54) is 0 Å². The van der Waals surface area contributed by atoms with Gasteiger partial charge in [0.2, 0.25) is 0 Å². The van der Waals surface area contributed by atoms with Crippen LogP contribution in [0.25, 0.3) is 179 Å². The van der Waals surface area contributed by atoms with Crippen LogP contribution in [0.15, 0.2) is 157 Å². The minimum absolute atomic E-state index is 0. The molecule has 4 aliphatic rings. The Morgan fingerprint density at radius 3 is 0.677 bits per heavy atom. The number of aromatic nitrogens is 16. The maximum absolute atomic E-state index is 7.29. The van der Waals surface area contributed by atoms with E-state index in [-0.39, 0.29) is 94.7 Å². The number of hydrogen-bond donors (Lipinski definition) is 0. The summed E-state index contributed by atoms with van der Waals surface area (Å²) in [6.07, 6.45) is 0. The molecular weight excluding hydrogens is 1740 g/mol. The molecule has 0 spiro atoms. The first-order valence-corrected chi connectivity index (χ1v) is 50.3. The van der Waals surface area contributed by atoms with Crippen molar-refractivity contribution in [2.24, 2.45) is 0 Å². The van der Waals surface area contributed by atoms with Gasteiger partial charge in [0.1, 0.15) is 0 Å². The molecule has 130 heavy (non-hydrogen) atoms. The van der Waals surface area contributed by atoms with Crippen LogP contribution in [0.5, 0.6) is 0 Å². The van der Waals surface area contributed by atoms with Gasteiger partial charge in [-0.15, -0.1) is 0 Å². The molecule has 4 aliphatic heterocycles. The third kappa shape index (κ3) is 17.4. The van der Waals surface area contributed by atoms with Gasteiger partial charge in [-0.1, -0.05) is 275 Å². The van der Waals surface area contributed by atoms with E-state index in [1.807, 2.05) is 24.3 Å². The van der Waals surface area contributed by atoms with Crippen LogP contribution in [0.1, 0.15) is 211 Å². The molecule has 0 fully saturated rings. The van der Waals surface area contributed by atoms with Crippen molar-refractivity contribution < 1.29 is 47.8 Å². The molecule has 18 nitrogen and oxygen atoms in total. The van der Waals surface area contributed by atoms with E-state index >= 15 is 0 Å². The van der Waals surface area contributed by atoms with Crippen LogP contribution in [-0.4, -0.2) is 89.7 Å². The fourth-order valence-corrected chi connectivity index (χ4v) is 17.8. The van der Waals surface area contributed by atoms with Crippen LogP contribution < -0.4 is 19.9 Å². The summed E-state index contributed by atoms with van der Waals surface area (Å²) >= 11 is 0. The Morgan fingerprint density at radius 2 is 0.446 bits per heavy atom. The molecule has 6 aromatic heterocycles. The Morgan fingerprint density at radius 1 is 0.246 bits per heavy atom. The second-order valence-corrected chi connectivity index (χ2v) is 53.7. The third-order valence-electron chi connectivity index (χ3n) is 26.4. The molecule has 10 heterocycles. The Labute approximate surface area is 790 Å². The summed E-state index contributed by atoms with van der Waals surface area (Å²) in [5.41, 5.74) is 18.7. The maximum atomic E-state index is 7.29. The van der Waals surface area contributed by atoms with Crippen LogP contribution in [-0.2, 0) is 80.3 Å². The average Bonchev–Trinajstić information content (AvgIpc) is 1.59. The predicted octanol–water partition coefficient (Wildman–Crippen LogP) is 25.1. The SMILES string of the molecule is CC(C)(C)c1ccc2c(c1)-c1nc-2nc2[n-]c(nc3nc(nc4[n-]c(n1)c1ccc(C(C)(C)C)cc41)-c1cc(C#C/C(CO[Si](C)(C)C(C)(C)C)=C(/C#Cc4ccc5c(c4)-c4nc-5nc5[n-]c(nc6nc(nc7[n-]c(n4)c4ccc(C(C)(C)C)cc74)-c4ccc(C(C)(C)C)cc4-6)c4cc(C(C)(C)C)ccc54)CO[Si](C)(C)C(C)(C)C)ccc1-3)c1cc(C(C)(C)C)ccc21.[Zn+2].[Zn+2]. The van der Waals surface area contributed by atoms with Gasteiger partial charge in [0, 0.05) is 112 Å². The first-order valence-electron chi connectivity index (χ1n) is 44.5. The van der Waals surface area contributed by atoms with Crippen molar-refractivity contribution in [3.63, 3.8) is 0 Å². The first kappa shape index (κ1) is 92.2. The topological polar surface area (TPSA) is 230 Å². The minimum atomic E-state index is -2.48. The van der Waals surface area contributed by atoms with Gasteiger partial charge in [-0.25, -0.2) is 19.9 Å². The van der Waals surface area contributed by atoms with Gasteiger partial charge in [-0.2, -0.15) is 0 Å². The fraction of sp³-hybridized carbons (Fsp3) is 0.352. The van der Waals surface area contributed by atoms with Crippen molar-refractivity contribution in [3.05, 3.63) is 201 Å². The number of fused-ring (bicyclic) bond motifs is 40. The number of nitrogens with zero attached hydrogens (tertiary/aromatic N) is 16. The zero-order valence-electron chi connectivity index (χ0n) is 80.7. The van der Waals surface area contributed by atoms with Gasteiger partial charge in [0.05, 0.1) is 59.8 Å². The first-order chi connectivity index (χ1) is 59.8. The molecule has 0 unspecified atom stereocenters. The van der Waals surface area contributed by atoms with Crippen molar-refractivity contribution in [3.8, 4) is 115 Å². The van der Waals surface area contributed by atoms with Crippen molar-refractivity contribution in [1.29, 1.82) is 0 Å². The van der Waals surface area contributed by atoms with Gasteiger partial charge in [-0.05, 0) is 206 Å². The predicted molar refractivity (Wildman–Crippen MR) is 527 cm³/mol. The molecule has 0 amide bonds. The summed E-state index contributed by atoms with van der Waals surface area (Å²) < 4.78 is 14.6. The van der Waals surface area contributed by atoms with E-state index < -0.39 is 16.6 Å². The molecule has 18 rings (SSSR count). The summed E-state index contributed by atoms with van der Waals surface area (Å²) in [7, 11) is -4.95. The monoisotopic (exact) mass is 1850 g/mol. The van der Waals surface area contributed by atoms with Crippen molar-refractivity contribution in [1.82, 2.24) is 79.7 Å². The summed E-state index contributed by atoms with van der Waals surface area (Å²) in [6, 6.07) is 51.0. The number of benzene rings is 8. The molecule has 16 bridgehead atoms. The van der Waals surface area contributed by atoms with Crippen LogP contribution in [0.3, 0.4) is 0 Å². The zero-order chi connectivity index (χ0) is 91.2. The number of hydrogen-bond acceptors (Lipinski definition) is 14. The molecule has 0 aliphatic carbocycles. The molecule has 0 saturated heterocycles. The molecule has 14 aromatic rings. The molecule has 648 valence electrons. The summed E-state index contributed by atoms with van der Waals surface area (Å²) in [4.78, 5) is 86.3. The Hall–Kier alpha value is -11.1. The van der Waals surface area contributed by atoms with E-state index in [2.05, 4.69) is 337 Å². The van der Waals surface area contributed by atoms with Crippen LogP contribution in [0, 0.1) is 23.7 Å². The van der Waals surface area contributed by atoms with Crippen LogP contribution >= 0.6 is 0 Å². The minimum Gasteiger partial charge on any atom is -0.412 e. The van der Waals surface area contributed by atoms with Crippen molar-refractivity contribution in [2.45, 2.75) is 235 Å². The van der Waals surface area contributed by atoms with Gasteiger partial charge < -0.3 is 68.7 Å². The van der Waals surface area contributed by atoms with E-state index in [4.69, 9.17) is 88.6 Å². The zero-order valence-corrected chi connectivity index (χ0v) is 88.6. The molecular formula is C108H112N16O2Si2Zn2. The van der Waals surface area contributed by atoms with E-state index in [0.29, 0.717) is 114 Å². The fourth-order valence-electron chi connectivity index (χ4n) is 15.9. The smallest absolute Gasteiger partial charge is 0.412 e. The summed E-state index contributed by atoms with van der Waals surface area (Å²) in [5.74, 6) is 18.5. The number of rotatable bonds is 6. The van der Waals surface area contributed by atoms with Gasteiger partial charge in [0.25, 0.3) is 0 Å². The van der Waals surface area contributed by atoms with E-state index in [9.17, 15) is 0 Å². The standard InChI is InChI=1S/C108H112N16O2Si2.2Zn/c1-101(2,3)63-35-43-71-79(51-63)95-114-86-70-42-32-60(50-78(70)94(112-86)123-98-83-55-67(105(13,14)15)39-47-75(83)91(121-98)119-96-80-52-64(102(4,5)6)36-44-72(80)89(116-96)110-88(71)115-95)30-34-62(58-126-128(27,28)108(22,23)24)61(57-125-127(25,26)107(19,20)21)33-29-59-31-41-69-77(49-59)93-111-85(69)109-87-73-45-37-66(104(10,11)12)54-82(73)99(117-87)124-100-84-56-68(106(16,17)18)40-48-76(84)92(122-100)120-97-81-53-65(103(7,8)9)38-46-74(81)90(113-93)118-97;;/h31-32,35-56H,57-58H2,1-28H3;;/q-4;2*+2/b62-61+;;. The quantitative estimate of drug-likeness (QED) is 0.111. The van der Waals surface area contributed by atoms with Crippen molar-refractivity contribution in [2.75, 3.05) is 13.2 Å². The largest absolute Gasteiger partial charge is 2.00 e. The molecule has 8 aromatic carbocycles. The Bertz CT molecular complexity index is 7630. The van der Waals surface area contributed by atoms with E-state index in [1.54, 1.807) is 0 Å².